The molecule has 0 aliphatic carbocycles. The molecule has 2 N–H and O–H groups in total. The van der Waals surface area contributed by atoms with Crippen molar-refractivity contribution in [2.24, 2.45) is 5.73 Å². The lowest BCUT2D eigenvalue weighted by Gasteiger charge is -2.08. The third kappa shape index (κ3) is 1.91. The molecule has 0 radical (unpaired) electrons. The van der Waals surface area contributed by atoms with Gasteiger partial charge in [-0.25, -0.2) is 0 Å². The summed E-state index contributed by atoms with van der Waals surface area (Å²) in [5.41, 5.74) is 6.33. The van der Waals surface area contributed by atoms with E-state index in [4.69, 9.17) is 22.1 Å². The maximum atomic E-state index is 5.92. The van der Waals surface area contributed by atoms with Gasteiger partial charge >= 0.3 is 0 Å². The standard InChI is InChI=1S/C8H9BrClNO/c1-12-8-3-5(9)2-7(10)6(8)4-11/h2-3H,4,11H2,1H3. The summed E-state index contributed by atoms with van der Waals surface area (Å²) in [6.45, 7) is 0.384. The fourth-order valence-corrected chi connectivity index (χ4v) is 1.82. The first-order valence-electron chi connectivity index (χ1n) is 3.41. The molecule has 0 spiro atoms. The van der Waals surface area contributed by atoms with Gasteiger partial charge in [0.15, 0.2) is 0 Å². The number of nitrogens with two attached hydrogens (primary N) is 1. The number of rotatable bonds is 2. The molecule has 1 aromatic rings. The van der Waals surface area contributed by atoms with Gasteiger partial charge in [0, 0.05) is 21.6 Å². The summed E-state index contributed by atoms with van der Waals surface area (Å²) in [6.07, 6.45) is 0. The Kier molecular flexibility index (Phi) is 3.38. The average Bonchev–Trinajstić information content (AvgIpc) is 2.03. The van der Waals surface area contributed by atoms with E-state index in [0.29, 0.717) is 11.6 Å². The predicted molar refractivity (Wildman–Crippen MR) is 53.6 cm³/mol. The molecule has 0 atom stereocenters. The molecule has 1 rings (SSSR count). The zero-order valence-corrected chi connectivity index (χ0v) is 8.95. The normalized spacial score (nSPS) is 10.0. The Balaban J connectivity index is 3.24. The lowest BCUT2D eigenvalue weighted by molar-refractivity contribution is 0.409. The van der Waals surface area contributed by atoms with Crippen molar-refractivity contribution in [2.45, 2.75) is 6.54 Å². The molecule has 0 bridgehead atoms. The third-order valence-electron chi connectivity index (χ3n) is 1.54. The molecule has 0 amide bonds. The molecule has 0 heterocycles. The van der Waals surface area contributed by atoms with Crippen LogP contribution < -0.4 is 10.5 Å². The Morgan fingerprint density at radius 3 is 2.75 bits per heavy atom. The van der Waals surface area contributed by atoms with Crippen LogP contribution in [0, 0.1) is 0 Å². The van der Waals surface area contributed by atoms with E-state index in [1.54, 1.807) is 13.2 Å². The van der Waals surface area contributed by atoms with Gasteiger partial charge in [-0.1, -0.05) is 27.5 Å². The second kappa shape index (κ2) is 4.12. The molecule has 0 aromatic heterocycles. The van der Waals surface area contributed by atoms with Crippen molar-refractivity contribution in [1.29, 1.82) is 0 Å². The lowest BCUT2D eigenvalue weighted by Crippen LogP contribution is -2.00. The van der Waals surface area contributed by atoms with E-state index in [0.717, 1.165) is 15.8 Å². The van der Waals surface area contributed by atoms with E-state index >= 15 is 0 Å². The number of ether oxygens (including phenoxy) is 1. The molecule has 0 saturated carbocycles. The minimum atomic E-state index is 0.384. The number of hydrogen-bond acceptors (Lipinski definition) is 2. The van der Waals surface area contributed by atoms with Crippen LogP contribution in [0.4, 0.5) is 0 Å². The summed E-state index contributed by atoms with van der Waals surface area (Å²) in [6, 6.07) is 3.64. The molecular weight excluding hydrogens is 241 g/mol. The fraction of sp³-hybridized carbons (Fsp3) is 0.250. The van der Waals surface area contributed by atoms with Crippen molar-refractivity contribution in [3.8, 4) is 5.75 Å². The van der Waals surface area contributed by atoms with Gasteiger partial charge in [-0.2, -0.15) is 0 Å². The highest BCUT2D eigenvalue weighted by Gasteiger charge is 2.06. The number of hydrogen-bond donors (Lipinski definition) is 1. The molecule has 66 valence electrons. The van der Waals surface area contributed by atoms with E-state index in [9.17, 15) is 0 Å². The quantitative estimate of drug-likeness (QED) is 0.875. The molecule has 0 fully saturated rings. The van der Waals surface area contributed by atoms with Gasteiger partial charge in [-0.15, -0.1) is 0 Å². The SMILES string of the molecule is COc1cc(Br)cc(Cl)c1CN. The van der Waals surface area contributed by atoms with Crippen molar-refractivity contribution in [1.82, 2.24) is 0 Å². The average molecular weight is 251 g/mol. The summed E-state index contributed by atoms with van der Waals surface area (Å²) in [7, 11) is 1.59. The van der Waals surface area contributed by atoms with Crippen molar-refractivity contribution in [3.05, 3.63) is 27.2 Å². The van der Waals surface area contributed by atoms with Crippen LogP contribution in [0.2, 0.25) is 5.02 Å². The Morgan fingerprint density at radius 1 is 1.58 bits per heavy atom. The summed E-state index contributed by atoms with van der Waals surface area (Å²) < 4.78 is 5.99. The monoisotopic (exact) mass is 249 g/mol. The molecule has 0 aliphatic rings. The van der Waals surface area contributed by atoms with Gasteiger partial charge in [-0.05, 0) is 12.1 Å². The van der Waals surface area contributed by atoms with Crippen LogP contribution in [-0.4, -0.2) is 7.11 Å². The van der Waals surface area contributed by atoms with E-state index < -0.39 is 0 Å². The first kappa shape index (κ1) is 9.84. The molecule has 4 heteroatoms. The van der Waals surface area contributed by atoms with Gasteiger partial charge in [0.2, 0.25) is 0 Å². The maximum Gasteiger partial charge on any atom is 0.125 e. The Labute approximate surface area is 84.8 Å². The van der Waals surface area contributed by atoms with E-state index in [1.807, 2.05) is 6.07 Å². The molecule has 12 heavy (non-hydrogen) atoms. The summed E-state index contributed by atoms with van der Waals surface area (Å²) in [4.78, 5) is 0. The van der Waals surface area contributed by atoms with Gasteiger partial charge in [0.05, 0.1) is 7.11 Å². The van der Waals surface area contributed by atoms with Crippen molar-refractivity contribution < 1.29 is 4.74 Å². The van der Waals surface area contributed by atoms with Crippen LogP contribution >= 0.6 is 27.5 Å². The van der Waals surface area contributed by atoms with Crippen molar-refractivity contribution in [2.75, 3.05) is 7.11 Å². The number of methoxy groups -OCH3 is 1. The molecule has 0 saturated heterocycles. The van der Waals surface area contributed by atoms with Crippen LogP contribution in [0.5, 0.6) is 5.75 Å². The Bertz CT molecular complexity index is 291. The second-order valence-electron chi connectivity index (χ2n) is 2.27. The topological polar surface area (TPSA) is 35.2 Å². The Morgan fingerprint density at radius 2 is 2.25 bits per heavy atom. The van der Waals surface area contributed by atoms with Gasteiger partial charge in [0.1, 0.15) is 5.75 Å². The minimum absolute atomic E-state index is 0.384. The number of benzene rings is 1. The van der Waals surface area contributed by atoms with E-state index in [2.05, 4.69) is 15.9 Å². The molecule has 2 nitrogen and oxygen atoms in total. The highest BCUT2D eigenvalue weighted by Crippen LogP contribution is 2.30. The third-order valence-corrected chi connectivity index (χ3v) is 2.34. The second-order valence-corrected chi connectivity index (χ2v) is 3.60. The maximum absolute atomic E-state index is 5.92. The van der Waals surface area contributed by atoms with Crippen molar-refractivity contribution >= 4 is 27.5 Å². The van der Waals surface area contributed by atoms with Crippen LogP contribution in [0.15, 0.2) is 16.6 Å². The van der Waals surface area contributed by atoms with Gasteiger partial charge < -0.3 is 10.5 Å². The zero-order valence-electron chi connectivity index (χ0n) is 6.60. The van der Waals surface area contributed by atoms with Gasteiger partial charge in [-0.3, -0.25) is 0 Å². The van der Waals surface area contributed by atoms with Crippen molar-refractivity contribution in [3.63, 3.8) is 0 Å². The first-order chi connectivity index (χ1) is 5.69. The highest BCUT2D eigenvalue weighted by atomic mass is 79.9. The smallest absolute Gasteiger partial charge is 0.125 e. The molecule has 1 aromatic carbocycles. The molecule has 0 aliphatic heterocycles. The van der Waals surface area contributed by atoms with Crippen LogP contribution in [0.25, 0.3) is 0 Å². The van der Waals surface area contributed by atoms with E-state index in [-0.39, 0.29) is 0 Å². The van der Waals surface area contributed by atoms with Gasteiger partial charge in [0.25, 0.3) is 0 Å². The Hall–Kier alpha value is -0.250. The lowest BCUT2D eigenvalue weighted by atomic mass is 10.2. The van der Waals surface area contributed by atoms with Crippen LogP contribution in [-0.2, 0) is 6.54 Å². The fourth-order valence-electron chi connectivity index (χ4n) is 0.960. The van der Waals surface area contributed by atoms with Crippen LogP contribution in [0.3, 0.4) is 0 Å². The largest absolute Gasteiger partial charge is 0.496 e. The minimum Gasteiger partial charge on any atom is -0.496 e. The zero-order chi connectivity index (χ0) is 9.14. The summed E-state index contributed by atoms with van der Waals surface area (Å²) in [5, 5.41) is 0.628. The molecular formula is C8H9BrClNO. The predicted octanol–water partition coefficient (Wildman–Crippen LogP) is 2.57. The molecule has 0 unspecified atom stereocenters. The number of halogens is 2. The van der Waals surface area contributed by atoms with E-state index in [1.165, 1.54) is 0 Å². The highest BCUT2D eigenvalue weighted by molar-refractivity contribution is 9.10. The first-order valence-corrected chi connectivity index (χ1v) is 4.58. The summed E-state index contributed by atoms with van der Waals surface area (Å²) >= 11 is 9.24. The van der Waals surface area contributed by atoms with Crippen LogP contribution in [0.1, 0.15) is 5.56 Å². The summed E-state index contributed by atoms with van der Waals surface area (Å²) in [5.74, 6) is 0.719.